The predicted octanol–water partition coefficient (Wildman–Crippen LogP) is 4.67. The van der Waals surface area contributed by atoms with Crippen molar-refractivity contribution in [3.63, 3.8) is 0 Å². The van der Waals surface area contributed by atoms with Crippen molar-refractivity contribution in [1.29, 1.82) is 0 Å². The smallest absolute Gasteiger partial charge is 0.257 e. The minimum atomic E-state index is -0.317. The summed E-state index contributed by atoms with van der Waals surface area (Å²) in [7, 11) is 0. The summed E-state index contributed by atoms with van der Waals surface area (Å²) in [5.74, 6) is 0.199. The molecule has 1 aliphatic carbocycles. The number of carbonyl (C=O) groups is 2. The molecule has 0 spiro atoms. The second-order valence-electron chi connectivity index (χ2n) is 6.38. The maximum absolute atomic E-state index is 12.7. The fraction of sp³-hybridized carbons (Fsp3) is 0. The third-order valence-electron chi connectivity index (χ3n) is 4.67. The van der Waals surface area contributed by atoms with Gasteiger partial charge in [0, 0.05) is 33.8 Å². The topological polar surface area (TPSA) is 72.0 Å². The lowest BCUT2D eigenvalue weighted by Crippen LogP contribution is -2.12. The number of fused-ring (bicyclic) bond motifs is 3. The van der Waals surface area contributed by atoms with Gasteiger partial charge in [-0.2, -0.15) is 9.36 Å². The second kappa shape index (κ2) is 6.51. The van der Waals surface area contributed by atoms with Gasteiger partial charge in [0.15, 0.2) is 11.6 Å². The summed E-state index contributed by atoms with van der Waals surface area (Å²) in [6.45, 7) is 0. The summed E-state index contributed by atoms with van der Waals surface area (Å²) in [5, 5.41) is 3.19. The molecule has 0 fully saturated rings. The summed E-state index contributed by atoms with van der Waals surface area (Å²) in [6.07, 6.45) is 0. The zero-order valence-corrected chi connectivity index (χ0v) is 15.4. The van der Waals surface area contributed by atoms with Crippen molar-refractivity contribution < 1.29 is 9.59 Å². The molecule has 3 aromatic carbocycles. The Bertz CT molecular complexity index is 1230. The quantitative estimate of drug-likeness (QED) is 0.491. The molecule has 6 heteroatoms. The number of hydrogen-bond donors (Lipinski definition) is 1. The summed E-state index contributed by atoms with van der Waals surface area (Å²) in [6, 6.07) is 22.2. The summed E-state index contributed by atoms with van der Waals surface area (Å²) in [5.41, 5.74) is 4.30. The monoisotopic (exact) mass is 383 g/mol. The van der Waals surface area contributed by atoms with Crippen LogP contribution in [0.5, 0.6) is 0 Å². The van der Waals surface area contributed by atoms with Gasteiger partial charge in [0.2, 0.25) is 5.13 Å². The van der Waals surface area contributed by atoms with E-state index >= 15 is 0 Å². The van der Waals surface area contributed by atoms with Gasteiger partial charge in [-0.15, -0.1) is 0 Å². The highest BCUT2D eigenvalue weighted by atomic mass is 32.1. The molecule has 5 nitrogen and oxygen atoms in total. The van der Waals surface area contributed by atoms with Crippen molar-refractivity contribution in [3.05, 3.63) is 89.5 Å². The Labute approximate surface area is 164 Å². The molecule has 0 saturated carbocycles. The molecule has 0 bridgehead atoms. The van der Waals surface area contributed by atoms with Crippen LogP contribution in [-0.2, 0) is 0 Å². The average Bonchev–Trinajstić information content (AvgIpc) is 3.32. The maximum Gasteiger partial charge on any atom is 0.257 e. The van der Waals surface area contributed by atoms with Crippen LogP contribution in [0, 0.1) is 0 Å². The fourth-order valence-electron chi connectivity index (χ4n) is 3.32. The molecule has 0 saturated heterocycles. The van der Waals surface area contributed by atoms with Crippen LogP contribution in [0.15, 0.2) is 72.8 Å². The number of benzene rings is 3. The highest BCUT2D eigenvalue weighted by Crippen LogP contribution is 2.36. The molecule has 1 N–H and O–H groups in total. The average molecular weight is 383 g/mol. The van der Waals surface area contributed by atoms with Crippen molar-refractivity contribution in [1.82, 2.24) is 9.36 Å². The molecule has 28 heavy (non-hydrogen) atoms. The number of hydrogen-bond acceptors (Lipinski definition) is 5. The predicted molar refractivity (Wildman–Crippen MR) is 109 cm³/mol. The van der Waals surface area contributed by atoms with Crippen LogP contribution in [0.2, 0.25) is 0 Å². The van der Waals surface area contributed by atoms with E-state index in [1.807, 2.05) is 60.7 Å². The molecule has 0 atom stereocenters. The lowest BCUT2D eigenvalue weighted by Gasteiger charge is -2.04. The van der Waals surface area contributed by atoms with Crippen LogP contribution in [0.4, 0.5) is 5.13 Å². The maximum atomic E-state index is 12.7. The van der Waals surface area contributed by atoms with Gasteiger partial charge < -0.3 is 0 Å². The number of aromatic nitrogens is 2. The SMILES string of the molecule is O=C(Nc1nc(-c2ccccc2)ns1)c1ccc2c(c1)C(=O)c1ccccc1-2. The van der Waals surface area contributed by atoms with Crippen LogP contribution in [0.1, 0.15) is 26.3 Å². The largest absolute Gasteiger partial charge is 0.297 e. The molecule has 5 rings (SSSR count). The third-order valence-corrected chi connectivity index (χ3v) is 5.30. The molecule has 0 radical (unpaired) electrons. The van der Waals surface area contributed by atoms with Crippen molar-refractivity contribution in [2.24, 2.45) is 0 Å². The van der Waals surface area contributed by atoms with Gasteiger partial charge >= 0.3 is 0 Å². The molecule has 134 valence electrons. The van der Waals surface area contributed by atoms with E-state index in [0.29, 0.717) is 27.6 Å². The zero-order chi connectivity index (χ0) is 19.1. The summed E-state index contributed by atoms with van der Waals surface area (Å²) < 4.78 is 4.29. The van der Waals surface area contributed by atoms with Gasteiger partial charge in [-0.1, -0.05) is 60.7 Å². The molecule has 4 aromatic rings. The Morgan fingerprint density at radius 3 is 2.36 bits per heavy atom. The van der Waals surface area contributed by atoms with Crippen LogP contribution in [0.3, 0.4) is 0 Å². The van der Waals surface area contributed by atoms with Crippen LogP contribution < -0.4 is 5.32 Å². The summed E-state index contributed by atoms with van der Waals surface area (Å²) in [4.78, 5) is 29.7. The van der Waals surface area contributed by atoms with E-state index in [1.165, 1.54) is 0 Å². The van der Waals surface area contributed by atoms with Gasteiger partial charge in [0.1, 0.15) is 0 Å². The van der Waals surface area contributed by atoms with Crippen molar-refractivity contribution in [2.45, 2.75) is 0 Å². The Balaban J connectivity index is 1.40. The van der Waals surface area contributed by atoms with Crippen LogP contribution >= 0.6 is 11.5 Å². The number of nitrogens with one attached hydrogen (secondary N) is 1. The Hall–Kier alpha value is -3.64. The highest BCUT2D eigenvalue weighted by molar-refractivity contribution is 7.10. The van der Waals surface area contributed by atoms with Crippen LogP contribution in [0.25, 0.3) is 22.5 Å². The third kappa shape index (κ3) is 2.71. The molecular formula is C22H13N3O2S. The number of rotatable bonds is 3. The number of amides is 1. The van der Waals surface area contributed by atoms with E-state index in [4.69, 9.17) is 0 Å². The fourth-order valence-corrected chi connectivity index (χ4v) is 3.90. The molecule has 1 aliphatic rings. The van der Waals surface area contributed by atoms with Crippen LogP contribution in [-0.4, -0.2) is 21.0 Å². The van der Waals surface area contributed by atoms with E-state index in [1.54, 1.807) is 12.1 Å². The van der Waals surface area contributed by atoms with Crippen molar-refractivity contribution in [2.75, 3.05) is 5.32 Å². The normalized spacial score (nSPS) is 11.8. The molecule has 1 aromatic heterocycles. The Morgan fingerprint density at radius 2 is 1.54 bits per heavy atom. The van der Waals surface area contributed by atoms with Gasteiger partial charge in [-0.3, -0.25) is 14.9 Å². The van der Waals surface area contributed by atoms with Gasteiger partial charge in [-0.05, 0) is 23.3 Å². The van der Waals surface area contributed by atoms with E-state index in [0.717, 1.165) is 28.2 Å². The first-order valence-electron chi connectivity index (χ1n) is 8.69. The Morgan fingerprint density at radius 1 is 0.821 bits per heavy atom. The number of carbonyl (C=O) groups excluding carboxylic acids is 2. The number of anilines is 1. The van der Waals surface area contributed by atoms with Gasteiger partial charge in [-0.25, -0.2) is 0 Å². The standard InChI is InChI=1S/C22H13N3O2S/c26-19-17-9-5-4-8-15(17)16-11-10-14(12-18(16)19)21(27)24-22-23-20(25-28-22)13-6-2-1-3-7-13/h1-12H,(H,23,24,25,27). The summed E-state index contributed by atoms with van der Waals surface area (Å²) >= 11 is 1.12. The highest BCUT2D eigenvalue weighted by Gasteiger charge is 2.27. The molecule has 1 heterocycles. The molecule has 0 aliphatic heterocycles. The van der Waals surface area contributed by atoms with E-state index in [9.17, 15) is 9.59 Å². The van der Waals surface area contributed by atoms with Gasteiger partial charge in [0.05, 0.1) is 0 Å². The van der Waals surface area contributed by atoms with E-state index in [2.05, 4.69) is 14.7 Å². The molecule has 0 unspecified atom stereocenters. The lowest BCUT2D eigenvalue weighted by molar-refractivity contribution is 0.102. The Kier molecular flexibility index (Phi) is 3.84. The van der Waals surface area contributed by atoms with E-state index < -0.39 is 0 Å². The first kappa shape index (κ1) is 16.5. The lowest BCUT2D eigenvalue weighted by atomic mass is 10.0. The minimum absolute atomic E-state index is 0.0532. The zero-order valence-electron chi connectivity index (χ0n) is 14.5. The second-order valence-corrected chi connectivity index (χ2v) is 7.13. The first-order chi connectivity index (χ1) is 13.7. The van der Waals surface area contributed by atoms with Crippen molar-refractivity contribution in [3.8, 4) is 22.5 Å². The van der Waals surface area contributed by atoms with Crippen molar-refractivity contribution >= 4 is 28.4 Å². The first-order valence-corrected chi connectivity index (χ1v) is 9.47. The molecular weight excluding hydrogens is 370 g/mol. The number of ketones is 1. The number of nitrogens with zero attached hydrogens (tertiary/aromatic N) is 2. The van der Waals surface area contributed by atoms with E-state index in [-0.39, 0.29) is 11.7 Å². The molecule has 1 amide bonds. The van der Waals surface area contributed by atoms with Gasteiger partial charge in [0.25, 0.3) is 5.91 Å². The minimum Gasteiger partial charge on any atom is -0.297 e.